The molecule has 0 amide bonds. The van der Waals surface area contributed by atoms with Gasteiger partial charge in [0, 0.05) is 6.07 Å². The average molecular weight is 302 g/mol. The Balaban J connectivity index is 2.07. The van der Waals surface area contributed by atoms with Crippen molar-refractivity contribution in [2.75, 3.05) is 30.7 Å². The Morgan fingerprint density at radius 1 is 1.50 bits per heavy atom. The molecule has 20 heavy (non-hydrogen) atoms. The van der Waals surface area contributed by atoms with Crippen LogP contribution in [-0.2, 0) is 10.0 Å². The molecule has 112 valence electrons. The van der Waals surface area contributed by atoms with Crippen molar-refractivity contribution < 1.29 is 17.5 Å². The molecule has 1 saturated heterocycles. The fourth-order valence-corrected chi connectivity index (χ4v) is 3.83. The number of nitrogens with one attached hydrogen (secondary N) is 2. The number of rotatable bonds is 5. The molecule has 1 aromatic rings. The lowest BCUT2D eigenvalue weighted by Crippen LogP contribution is -2.35. The molecule has 0 saturated carbocycles. The van der Waals surface area contributed by atoms with Gasteiger partial charge in [-0.25, -0.2) is 12.8 Å². The van der Waals surface area contributed by atoms with Crippen molar-refractivity contribution >= 4 is 15.7 Å². The van der Waals surface area contributed by atoms with Gasteiger partial charge in [-0.05, 0) is 44.0 Å². The van der Waals surface area contributed by atoms with E-state index < -0.39 is 15.8 Å². The molecule has 1 unspecified atom stereocenters. The van der Waals surface area contributed by atoms with Gasteiger partial charge in [0.15, 0.2) is 0 Å². The van der Waals surface area contributed by atoms with Gasteiger partial charge < -0.3 is 10.1 Å². The maximum atomic E-state index is 13.1. The minimum atomic E-state index is -3.47. The van der Waals surface area contributed by atoms with Crippen molar-refractivity contribution in [1.29, 1.82) is 0 Å². The first-order valence-electron chi connectivity index (χ1n) is 6.55. The molecule has 2 N–H and O–H groups in total. The van der Waals surface area contributed by atoms with Crippen LogP contribution in [0.1, 0.15) is 12.8 Å². The van der Waals surface area contributed by atoms with E-state index in [2.05, 4.69) is 10.0 Å². The number of piperidine rings is 1. The van der Waals surface area contributed by atoms with Gasteiger partial charge in [0.1, 0.15) is 11.6 Å². The summed E-state index contributed by atoms with van der Waals surface area (Å²) in [6, 6.07) is 3.72. The maximum absolute atomic E-state index is 13.1. The van der Waals surface area contributed by atoms with E-state index in [4.69, 9.17) is 4.74 Å². The molecular formula is C13H19FN2O3S. The Morgan fingerprint density at radius 3 is 2.95 bits per heavy atom. The summed E-state index contributed by atoms with van der Waals surface area (Å²) in [4.78, 5) is 0. The van der Waals surface area contributed by atoms with E-state index >= 15 is 0 Å². The number of hydrogen-bond donors (Lipinski definition) is 2. The first-order chi connectivity index (χ1) is 9.50. The first kappa shape index (κ1) is 15.1. The summed E-state index contributed by atoms with van der Waals surface area (Å²) in [5.74, 6) is -0.134. The highest BCUT2D eigenvalue weighted by atomic mass is 32.2. The van der Waals surface area contributed by atoms with Gasteiger partial charge >= 0.3 is 0 Å². The molecule has 0 bridgehead atoms. The van der Waals surface area contributed by atoms with E-state index in [0.29, 0.717) is 6.54 Å². The number of sulfonamides is 1. The Labute approximate surface area is 118 Å². The zero-order valence-corrected chi connectivity index (χ0v) is 12.2. The number of benzene rings is 1. The van der Waals surface area contributed by atoms with Gasteiger partial charge in [-0.1, -0.05) is 0 Å². The molecule has 1 aromatic carbocycles. The summed E-state index contributed by atoms with van der Waals surface area (Å²) < 4.78 is 44.8. The van der Waals surface area contributed by atoms with Crippen LogP contribution in [0.4, 0.5) is 10.1 Å². The molecule has 5 nitrogen and oxygen atoms in total. The third-order valence-electron chi connectivity index (χ3n) is 3.28. The number of anilines is 1. The highest BCUT2D eigenvalue weighted by Crippen LogP contribution is 2.26. The predicted octanol–water partition coefficient (Wildman–Crippen LogP) is 1.58. The molecule has 1 aliphatic heterocycles. The highest BCUT2D eigenvalue weighted by Gasteiger charge is 2.22. The molecular weight excluding hydrogens is 283 g/mol. The molecule has 0 spiro atoms. The van der Waals surface area contributed by atoms with Crippen molar-refractivity contribution in [2.45, 2.75) is 12.8 Å². The second-order valence-electron chi connectivity index (χ2n) is 4.94. The smallest absolute Gasteiger partial charge is 0.233 e. The van der Waals surface area contributed by atoms with E-state index in [-0.39, 0.29) is 23.1 Å². The lowest BCUT2D eigenvalue weighted by molar-refractivity contribution is 0.404. The third kappa shape index (κ3) is 4.08. The standard InChI is InChI=1S/C13H19FN2O3S/c1-19-13-7-11(14)4-5-12(13)16-20(17,18)9-10-3-2-6-15-8-10/h4-5,7,10,15-16H,2-3,6,8-9H2,1H3. The third-order valence-corrected chi connectivity index (χ3v) is 4.72. The fourth-order valence-electron chi connectivity index (χ4n) is 2.34. The van der Waals surface area contributed by atoms with Crippen molar-refractivity contribution in [2.24, 2.45) is 5.92 Å². The van der Waals surface area contributed by atoms with E-state index in [0.717, 1.165) is 25.5 Å². The van der Waals surface area contributed by atoms with Gasteiger partial charge in [0.25, 0.3) is 0 Å². The minimum Gasteiger partial charge on any atom is -0.494 e. The van der Waals surface area contributed by atoms with Crippen LogP contribution < -0.4 is 14.8 Å². The Bertz CT molecular complexity index is 557. The molecule has 1 heterocycles. The van der Waals surface area contributed by atoms with Gasteiger partial charge in [-0.15, -0.1) is 0 Å². The van der Waals surface area contributed by atoms with E-state index in [1.165, 1.54) is 19.2 Å². The topological polar surface area (TPSA) is 67.4 Å². The van der Waals surface area contributed by atoms with Crippen LogP contribution in [0.15, 0.2) is 18.2 Å². The largest absolute Gasteiger partial charge is 0.494 e. The first-order valence-corrected chi connectivity index (χ1v) is 8.20. The molecule has 0 aromatic heterocycles. The summed E-state index contributed by atoms with van der Waals surface area (Å²) in [5.41, 5.74) is 0.262. The zero-order valence-electron chi connectivity index (χ0n) is 11.4. The van der Waals surface area contributed by atoms with E-state index in [1.807, 2.05) is 0 Å². The van der Waals surface area contributed by atoms with E-state index in [9.17, 15) is 12.8 Å². The molecule has 0 radical (unpaired) electrons. The average Bonchev–Trinajstić information content (AvgIpc) is 2.41. The number of hydrogen-bond acceptors (Lipinski definition) is 4. The zero-order chi connectivity index (χ0) is 14.6. The number of methoxy groups -OCH3 is 1. The molecule has 7 heteroatoms. The second-order valence-corrected chi connectivity index (χ2v) is 6.71. The summed E-state index contributed by atoms with van der Waals surface area (Å²) >= 11 is 0. The summed E-state index contributed by atoms with van der Waals surface area (Å²) in [6.45, 7) is 1.65. The lowest BCUT2D eigenvalue weighted by atomic mass is 10.0. The van der Waals surface area contributed by atoms with Gasteiger partial charge in [-0.3, -0.25) is 4.72 Å². The number of ether oxygens (including phenoxy) is 1. The Hall–Kier alpha value is -1.34. The van der Waals surface area contributed by atoms with Crippen LogP contribution >= 0.6 is 0 Å². The van der Waals surface area contributed by atoms with Crippen molar-refractivity contribution in [3.05, 3.63) is 24.0 Å². The van der Waals surface area contributed by atoms with Gasteiger partial charge in [-0.2, -0.15) is 0 Å². The monoisotopic (exact) mass is 302 g/mol. The highest BCUT2D eigenvalue weighted by molar-refractivity contribution is 7.92. The number of halogens is 1. The van der Waals surface area contributed by atoms with Crippen LogP contribution in [0.5, 0.6) is 5.75 Å². The summed E-state index contributed by atoms with van der Waals surface area (Å²) in [7, 11) is -2.10. The molecule has 1 atom stereocenters. The SMILES string of the molecule is COc1cc(F)ccc1NS(=O)(=O)CC1CCCNC1. The van der Waals surface area contributed by atoms with E-state index in [1.54, 1.807) is 0 Å². The Morgan fingerprint density at radius 2 is 2.30 bits per heavy atom. The van der Waals surface area contributed by atoms with Crippen LogP contribution in [0, 0.1) is 11.7 Å². The van der Waals surface area contributed by atoms with Crippen LogP contribution in [-0.4, -0.2) is 34.4 Å². The van der Waals surface area contributed by atoms with Crippen molar-refractivity contribution in [1.82, 2.24) is 5.32 Å². The minimum absolute atomic E-state index is 0.0561. The second kappa shape index (κ2) is 6.41. The van der Waals surface area contributed by atoms with Crippen molar-refractivity contribution in [3.63, 3.8) is 0 Å². The molecule has 1 aliphatic rings. The lowest BCUT2D eigenvalue weighted by Gasteiger charge is -2.23. The normalized spacial score (nSPS) is 19.6. The predicted molar refractivity (Wildman–Crippen MR) is 76.0 cm³/mol. The van der Waals surface area contributed by atoms with Gasteiger partial charge in [0.05, 0.1) is 18.6 Å². The summed E-state index contributed by atoms with van der Waals surface area (Å²) in [6.07, 6.45) is 1.88. The van der Waals surface area contributed by atoms with Crippen LogP contribution in [0.3, 0.4) is 0 Å². The van der Waals surface area contributed by atoms with Crippen molar-refractivity contribution in [3.8, 4) is 5.75 Å². The maximum Gasteiger partial charge on any atom is 0.233 e. The molecule has 2 rings (SSSR count). The Kier molecular flexibility index (Phi) is 4.82. The fraction of sp³-hybridized carbons (Fsp3) is 0.538. The van der Waals surface area contributed by atoms with Crippen LogP contribution in [0.25, 0.3) is 0 Å². The van der Waals surface area contributed by atoms with Crippen LogP contribution in [0.2, 0.25) is 0 Å². The summed E-state index contributed by atoms with van der Waals surface area (Å²) in [5, 5.41) is 3.18. The van der Waals surface area contributed by atoms with Gasteiger partial charge in [0.2, 0.25) is 10.0 Å². The molecule has 0 aliphatic carbocycles. The quantitative estimate of drug-likeness (QED) is 0.866. The molecule has 1 fully saturated rings.